The van der Waals surface area contributed by atoms with Crippen LogP contribution >= 0.6 is 7.75 Å². The van der Waals surface area contributed by atoms with Crippen LogP contribution in [0.2, 0.25) is 0 Å². The molecule has 238 valence electrons. The number of aliphatic imine (C=N–C) groups is 2. The number of nitrogens with one attached hydrogen (secondary N) is 2. The smallest absolute Gasteiger partial charge is 0.459 e. The third-order valence-electron chi connectivity index (χ3n) is 7.60. The van der Waals surface area contributed by atoms with Gasteiger partial charge >= 0.3 is 13.7 Å². The Morgan fingerprint density at radius 3 is 2.77 bits per heavy atom. The van der Waals surface area contributed by atoms with E-state index in [1.54, 1.807) is 18.2 Å². The summed E-state index contributed by atoms with van der Waals surface area (Å²) in [6.07, 6.45) is -0.817. The van der Waals surface area contributed by atoms with E-state index in [2.05, 4.69) is 30.4 Å². The molecule has 4 aliphatic rings. The zero-order valence-corrected chi connectivity index (χ0v) is 24.6. The number of ether oxygens (including phenoxy) is 2. The lowest BCUT2D eigenvalue weighted by atomic mass is 9.98. The monoisotopic (exact) mass is 635 g/mol. The second-order valence-electron chi connectivity index (χ2n) is 10.8. The quantitative estimate of drug-likeness (QED) is 0.0737. The Morgan fingerprint density at radius 1 is 1.34 bits per heavy atom. The number of para-hydroxylation sites is 1. The number of rotatable bonds is 11. The van der Waals surface area contributed by atoms with Gasteiger partial charge in [0.25, 0.3) is 5.91 Å². The first-order chi connectivity index (χ1) is 21.0. The predicted octanol–water partition coefficient (Wildman–Crippen LogP) is 0.612. The molecular formula is C25H34N9O9P. The predicted molar refractivity (Wildman–Crippen MR) is 153 cm³/mol. The molecule has 3 aliphatic heterocycles. The van der Waals surface area contributed by atoms with E-state index < -0.39 is 68.6 Å². The summed E-state index contributed by atoms with van der Waals surface area (Å²) >= 11 is 0. The Balaban J connectivity index is 1.35. The fraction of sp³-hybridized carbons (Fsp3) is 0.600. The van der Waals surface area contributed by atoms with E-state index in [1.165, 1.54) is 30.3 Å². The van der Waals surface area contributed by atoms with Gasteiger partial charge in [-0.15, -0.1) is 0 Å². The van der Waals surface area contributed by atoms with Crippen LogP contribution in [-0.4, -0.2) is 94.4 Å². The van der Waals surface area contributed by atoms with Gasteiger partial charge in [0.15, 0.2) is 24.4 Å². The number of hydrogen-bond donors (Lipinski definition) is 5. The third kappa shape index (κ3) is 6.66. The normalized spacial score (nSPS) is 32.1. The molecule has 0 radical (unpaired) electrons. The summed E-state index contributed by atoms with van der Waals surface area (Å²) < 4.78 is 36.8. The second-order valence-corrected chi connectivity index (χ2v) is 12.5. The Labute approximate surface area is 251 Å². The SMILES string of the molecule is CC(NP(=O)(OC[C@@]1(N=[N+]=[N-])O[C@@H](N2C=NC3C(=O)NC(N)=NC32)[C@H](O)[C@@H]1O)Oc1ccccc1)C(=O)OC1CCCCC1. The van der Waals surface area contributed by atoms with Crippen molar-refractivity contribution in [1.29, 1.82) is 0 Å². The molecule has 1 aliphatic carbocycles. The summed E-state index contributed by atoms with van der Waals surface area (Å²) in [5, 5.41) is 30.5. The number of aliphatic hydroxyl groups excluding tert-OH is 2. The Morgan fingerprint density at radius 2 is 2.07 bits per heavy atom. The molecule has 3 heterocycles. The molecule has 1 aromatic rings. The average Bonchev–Trinajstić information content (AvgIpc) is 3.52. The van der Waals surface area contributed by atoms with Gasteiger partial charge < -0.3 is 34.8 Å². The molecule has 5 rings (SSSR count). The number of azide groups is 1. The molecule has 0 aromatic heterocycles. The van der Waals surface area contributed by atoms with Gasteiger partial charge in [0.05, 0.1) is 12.9 Å². The van der Waals surface area contributed by atoms with Gasteiger partial charge in [0, 0.05) is 4.91 Å². The molecule has 8 atom stereocenters. The molecule has 1 saturated carbocycles. The van der Waals surface area contributed by atoms with Crippen molar-refractivity contribution < 1.29 is 42.9 Å². The summed E-state index contributed by atoms with van der Waals surface area (Å²) in [5.41, 5.74) is 12.7. The second kappa shape index (κ2) is 13.1. The summed E-state index contributed by atoms with van der Waals surface area (Å²) in [6, 6.07) is 5.78. The number of benzene rings is 1. The van der Waals surface area contributed by atoms with Gasteiger partial charge in [-0.2, -0.15) is 5.09 Å². The van der Waals surface area contributed by atoms with E-state index in [0.29, 0.717) is 0 Å². The van der Waals surface area contributed by atoms with Gasteiger partial charge in [-0.3, -0.25) is 24.4 Å². The van der Waals surface area contributed by atoms with Gasteiger partial charge in [-0.1, -0.05) is 29.7 Å². The number of nitrogens with zero attached hydrogens (tertiary/aromatic N) is 6. The number of amides is 1. The highest BCUT2D eigenvalue weighted by Crippen LogP contribution is 2.48. The molecule has 44 heavy (non-hydrogen) atoms. The van der Waals surface area contributed by atoms with Crippen LogP contribution in [0.25, 0.3) is 10.4 Å². The standard InChI is InChI=1S/C25H34N9O9P/c1-14(23(38)41-15-8-4-2-5-9-15)31-44(39,43-16-10-6-3-7-11-16)40-12-25(32-33-27)19(36)18(35)22(42-25)34-13-28-17-20(34)29-24(26)30-21(17)37/h3,6-7,10-11,13-15,17-20,22,35-36H,2,4-5,8-9,12H2,1H3,(H,31,39)(H3,26,29,30,37)/t14?,17?,18-,19+,20?,22-,25-,44?/m1/s1. The van der Waals surface area contributed by atoms with Gasteiger partial charge in [-0.05, 0) is 50.3 Å². The lowest BCUT2D eigenvalue weighted by Gasteiger charge is -2.33. The summed E-state index contributed by atoms with van der Waals surface area (Å²) in [7, 11) is -4.49. The largest absolute Gasteiger partial charge is 0.461 e. The number of esters is 1. The van der Waals surface area contributed by atoms with Crippen molar-refractivity contribution in [1.82, 2.24) is 15.3 Å². The number of carbonyl (C=O) groups is 2. The van der Waals surface area contributed by atoms with Crippen molar-refractivity contribution in [3.63, 3.8) is 0 Å². The van der Waals surface area contributed by atoms with Crippen LogP contribution in [0.1, 0.15) is 39.0 Å². The summed E-state index contributed by atoms with van der Waals surface area (Å²) in [6.45, 7) is 0.521. The van der Waals surface area contributed by atoms with Crippen LogP contribution in [0.3, 0.4) is 0 Å². The first-order valence-corrected chi connectivity index (χ1v) is 15.6. The Bertz CT molecular complexity index is 1390. The van der Waals surface area contributed by atoms with E-state index in [1.807, 2.05) is 0 Å². The average molecular weight is 636 g/mol. The van der Waals surface area contributed by atoms with E-state index in [9.17, 15) is 29.9 Å². The number of nitrogens with two attached hydrogens (primary N) is 1. The van der Waals surface area contributed by atoms with Crippen LogP contribution in [0.5, 0.6) is 5.75 Å². The summed E-state index contributed by atoms with van der Waals surface area (Å²) in [4.78, 5) is 37.4. The topological polar surface area (TPSA) is 255 Å². The number of carbonyl (C=O) groups excluding carboxylic acids is 2. The van der Waals surface area contributed by atoms with Crippen LogP contribution in [0, 0.1) is 0 Å². The van der Waals surface area contributed by atoms with Crippen molar-refractivity contribution in [2.24, 2.45) is 20.8 Å². The fourth-order valence-electron chi connectivity index (χ4n) is 5.33. The molecule has 1 amide bonds. The zero-order chi connectivity index (χ0) is 31.5. The van der Waals surface area contributed by atoms with E-state index >= 15 is 0 Å². The van der Waals surface area contributed by atoms with Crippen molar-refractivity contribution in [3.8, 4) is 5.75 Å². The molecule has 6 N–H and O–H groups in total. The number of aliphatic hydroxyl groups is 2. The van der Waals surface area contributed by atoms with Crippen molar-refractivity contribution >= 4 is 31.9 Å². The highest BCUT2D eigenvalue weighted by Gasteiger charge is 2.59. The fourth-order valence-corrected chi connectivity index (χ4v) is 6.84. The van der Waals surface area contributed by atoms with Crippen LogP contribution in [-0.2, 0) is 28.2 Å². The minimum atomic E-state index is -4.49. The first kappa shape index (κ1) is 31.7. The molecule has 2 fully saturated rings. The van der Waals surface area contributed by atoms with E-state index in [0.717, 1.165) is 32.1 Å². The highest BCUT2D eigenvalue weighted by molar-refractivity contribution is 7.52. The minimum Gasteiger partial charge on any atom is -0.461 e. The zero-order valence-electron chi connectivity index (χ0n) is 23.7. The van der Waals surface area contributed by atoms with Gasteiger partial charge in [0.2, 0.25) is 5.72 Å². The maximum atomic E-state index is 14.1. The van der Waals surface area contributed by atoms with E-state index in [4.69, 9.17) is 24.3 Å². The molecule has 0 bridgehead atoms. The van der Waals surface area contributed by atoms with Gasteiger partial charge in [-0.25, -0.2) is 9.56 Å². The van der Waals surface area contributed by atoms with Crippen molar-refractivity contribution in [2.45, 2.75) is 87.5 Å². The molecular weight excluding hydrogens is 601 g/mol. The molecule has 1 aromatic carbocycles. The summed E-state index contributed by atoms with van der Waals surface area (Å²) in [5.74, 6) is -1.29. The minimum absolute atomic E-state index is 0.116. The van der Waals surface area contributed by atoms with Crippen LogP contribution < -0.4 is 20.7 Å². The maximum absolute atomic E-state index is 14.1. The van der Waals surface area contributed by atoms with Crippen LogP contribution in [0.15, 0.2) is 45.4 Å². The maximum Gasteiger partial charge on any atom is 0.459 e. The van der Waals surface area contributed by atoms with Crippen molar-refractivity contribution in [2.75, 3.05) is 6.61 Å². The Kier molecular flexibility index (Phi) is 9.41. The highest BCUT2D eigenvalue weighted by atomic mass is 31.2. The van der Waals surface area contributed by atoms with Crippen molar-refractivity contribution in [3.05, 3.63) is 40.8 Å². The molecule has 4 unspecified atom stereocenters. The Hall–Kier alpha value is -3.76. The molecule has 0 spiro atoms. The van der Waals surface area contributed by atoms with E-state index in [-0.39, 0.29) is 17.8 Å². The van der Waals surface area contributed by atoms with Gasteiger partial charge in [0.1, 0.15) is 30.1 Å². The molecule has 18 nitrogen and oxygen atoms in total. The first-order valence-electron chi connectivity index (χ1n) is 14.1. The number of fused-ring (bicyclic) bond motifs is 1. The number of hydrogen-bond acceptors (Lipinski definition) is 14. The molecule has 1 saturated heterocycles. The lowest BCUT2D eigenvalue weighted by Crippen LogP contribution is -2.56. The van der Waals surface area contributed by atoms with Crippen LogP contribution in [0.4, 0.5) is 0 Å². The number of guanidine groups is 1. The third-order valence-corrected chi connectivity index (χ3v) is 9.22. The molecule has 19 heteroatoms. The lowest BCUT2D eigenvalue weighted by molar-refractivity contribution is -0.152.